The Bertz CT molecular complexity index is 114. The number of hydrogen-bond acceptors (Lipinski definition) is 3. The van der Waals surface area contributed by atoms with Crippen molar-refractivity contribution in [3.63, 3.8) is 0 Å². The van der Waals surface area contributed by atoms with Crippen LogP contribution in [-0.4, -0.2) is 43.7 Å². The Balaban J connectivity index is 3.40. The Hall–Kier alpha value is -0.610. The minimum absolute atomic E-state index is 0.00171. The molecule has 0 saturated carbocycles. The lowest BCUT2D eigenvalue weighted by atomic mass is 10.6. The number of carbonyl (C=O) groups is 1. The van der Waals surface area contributed by atoms with Crippen molar-refractivity contribution in [2.24, 2.45) is 0 Å². The second-order valence-electron chi connectivity index (χ2n) is 2.29. The highest BCUT2D eigenvalue weighted by atomic mass is 16.7. The molecule has 0 rings (SSSR count). The molecule has 0 aliphatic heterocycles. The molecule has 60 valence electrons. The first-order chi connectivity index (χ1) is 4.54. The predicted octanol–water partition coefficient (Wildman–Crippen LogP) is -0.0846. The first-order valence-corrected chi connectivity index (χ1v) is 3.06. The first-order valence-electron chi connectivity index (χ1n) is 3.06. The highest BCUT2D eigenvalue weighted by Crippen LogP contribution is 1.85. The van der Waals surface area contributed by atoms with E-state index in [0.29, 0.717) is 6.73 Å². The van der Waals surface area contributed by atoms with E-state index in [1.165, 1.54) is 11.8 Å². The normalized spacial score (nSPS) is 10.1. The van der Waals surface area contributed by atoms with Gasteiger partial charge in [0.05, 0.1) is 0 Å². The topological polar surface area (TPSA) is 32.8 Å². The maximum Gasteiger partial charge on any atom is 0.221 e. The zero-order chi connectivity index (χ0) is 8.15. The number of nitrogens with zero attached hydrogens (tertiary/aromatic N) is 2. The molecule has 0 fully saturated rings. The molecule has 0 N–H and O–H groups in total. The summed E-state index contributed by atoms with van der Waals surface area (Å²) in [6.07, 6.45) is 0. The van der Waals surface area contributed by atoms with Crippen molar-refractivity contribution in [3.8, 4) is 0 Å². The summed E-state index contributed by atoms with van der Waals surface area (Å²) in [6, 6.07) is 0. The molecule has 0 unspecified atom stereocenters. The molecule has 0 aliphatic rings. The smallest absolute Gasteiger partial charge is 0.221 e. The van der Waals surface area contributed by atoms with E-state index in [9.17, 15) is 4.79 Å². The van der Waals surface area contributed by atoms with Crippen molar-refractivity contribution in [1.29, 1.82) is 0 Å². The van der Waals surface area contributed by atoms with E-state index in [1.807, 2.05) is 0 Å². The van der Waals surface area contributed by atoms with Crippen molar-refractivity contribution in [2.45, 2.75) is 6.92 Å². The third-order valence-corrected chi connectivity index (χ3v) is 1.05. The van der Waals surface area contributed by atoms with E-state index >= 15 is 0 Å². The van der Waals surface area contributed by atoms with Crippen LogP contribution in [0.4, 0.5) is 0 Å². The van der Waals surface area contributed by atoms with Crippen LogP contribution < -0.4 is 0 Å². The maximum absolute atomic E-state index is 10.6. The summed E-state index contributed by atoms with van der Waals surface area (Å²) < 4.78 is 0. The quantitative estimate of drug-likeness (QED) is 0.412. The monoisotopic (exact) mass is 146 g/mol. The Labute approximate surface area is 61.3 Å². The third kappa shape index (κ3) is 4.29. The number of hydrogen-bond donors (Lipinski definition) is 0. The Morgan fingerprint density at radius 2 is 1.90 bits per heavy atom. The van der Waals surface area contributed by atoms with E-state index < -0.39 is 0 Å². The van der Waals surface area contributed by atoms with Gasteiger partial charge in [-0.25, -0.2) is 0 Å². The second kappa shape index (κ2) is 4.24. The van der Waals surface area contributed by atoms with Crippen LogP contribution in [-0.2, 0) is 9.63 Å². The van der Waals surface area contributed by atoms with Crippen LogP contribution >= 0.6 is 0 Å². The zero-order valence-corrected chi connectivity index (χ0v) is 6.92. The summed E-state index contributed by atoms with van der Waals surface area (Å²) in [5.74, 6) is 0.00171. The van der Waals surface area contributed by atoms with Crippen LogP contribution in [0.1, 0.15) is 6.92 Å². The Morgan fingerprint density at radius 3 is 2.20 bits per heavy atom. The van der Waals surface area contributed by atoms with Gasteiger partial charge in [-0.3, -0.25) is 9.63 Å². The van der Waals surface area contributed by atoms with E-state index in [4.69, 9.17) is 4.84 Å². The summed E-state index contributed by atoms with van der Waals surface area (Å²) in [7, 11) is 5.23. The minimum Gasteiger partial charge on any atom is -0.321 e. The van der Waals surface area contributed by atoms with Crippen LogP contribution in [0.3, 0.4) is 0 Å². The van der Waals surface area contributed by atoms with Crippen LogP contribution in [0.2, 0.25) is 0 Å². The number of carbonyl (C=O) groups excluding carboxylic acids is 1. The number of hydroxylamine groups is 2. The summed E-state index contributed by atoms with van der Waals surface area (Å²) in [6.45, 7) is 1.81. The summed E-state index contributed by atoms with van der Waals surface area (Å²) in [5.41, 5.74) is 0. The van der Waals surface area contributed by atoms with Crippen molar-refractivity contribution < 1.29 is 9.63 Å². The fraction of sp³-hybridized carbons (Fsp3) is 0.833. The van der Waals surface area contributed by atoms with Gasteiger partial charge in [-0.2, -0.15) is 5.06 Å². The van der Waals surface area contributed by atoms with Gasteiger partial charge in [0.15, 0.2) is 0 Å². The van der Waals surface area contributed by atoms with E-state index in [1.54, 1.807) is 26.2 Å². The Morgan fingerprint density at radius 1 is 1.40 bits per heavy atom. The molecule has 0 saturated heterocycles. The molecule has 10 heavy (non-hydrogen) atoms. The fourth-order valence-electron chi connectivity index (χ4n) is 0.293. The second-order valence-corrected chi connectivity index (χ2v) is 2.29. The lowest BCUT2D eigenvalue weighted by Crippen LogP contribution is -2.30. The average molecular weight is 146 g/mol. The lowest BCUT2D eigenvalue weighted by molar-refractivity contribution is -0.166. The fourth-order valence-corrected chi connectivity index (χ4v) is 0.293. The molecule has 0 atom stereocenters. The van der Waals surface area contributed by atoms with E-state index in [0.717, 1.165) is 0 Å². The zero-order valence-electron chi connectivity index (χ0n) is 6.92. The molecule has 4 heteroatoms. The average Bonchev–Trinajstić information content (AvgIpc) is 1.82. The third-order valence-electron chi connectivity index (χ3n) is 1.05. The maximum atomic E-state index is 10.6. The van der Waals surface area contributed by atoms with Crippen LogP contribution in [0.15, 0.2) is 0 Å². The molecular weight excluding hydrogens is 132 g/mol. The SMILES string of the molecule is CC(=O)N(C)CON(C)C. The minimum atomic E-state index is 0.00171. The van der Waals surface area contributed by atoms with Gasteiger partial charge in [-0.1, -0.05) is 0 Å². The van der Waals surface area contributed by atoms with E-state index in [-0.39, 0.29) is 5.91 Å². The summed E-state index contributed by atoms with van der Waals surface area (Å²) in [4.78, 5) is 17.1. The first kappa shape index (κ1) is 9.39. The molecule has 0 aromatic rings. The van der Waals surface area contributed by atoms with Gasteiger partial charge < -0.3 is 4.90 Å². The summed E-state index contributed by atoms with van der Waals surface area (Å²) in [5, 5.41) is 1.56. The lowest BCUT2D eigenvalue weighted by Gasteiger charge is -2.17. The Kier molecular flexibility index (Phi) is 3.99. The van der Waals surface area contributed by atoms with Crippen LogP contribution in [0.25, 0.3) is 0 Å². The number of rotatable bonds is 3. The molecule has 0 aromatic heterocycles. The van der Waals surface area contributed by atoms with Crippen molar-refractivity contribution >= 4 is 5.91 Å². The van der Waals surface area contributed by atoms with Gasteiger partial charge in [-0.05, 0) is 0 Å². The molecule has 0 heterocycles. The van der Waals surface area contributed by atoms with Crippen LogP contribution in [0, 0.1) is 0 Å². The van der Waals surface area contributed by atoms with Crippen molar-refractivity contribution in [2.75, 3.05) is 27.9 Å². The molecule has 0 aliphatic carbocycles. The van der Waals surface area contributed by atoms with Gasteiger partial charge in [0.25, 0.3) is 0 Å². The molecular formula is C6H14N2O2. The molecule has 0 radical (unpaired) electrons. The standard InChI is InChI=1S/C6H14N2O2/c1-6(9)8(4)5-10-7(2)3/h5H2,1-4H3. The van der Waals surface area contributed by atoms with Gasteiger partial charge in [0.2, 0.25) is 5.91 Å². The van der Waals surface area contributed by atoms with Gasteiger partial charge in [0, 0.05) is 28.1 Å². The van der Waals surface area contributed by atoms with Crippen molar-refractivity contribution in [1.82, 2.24) is 9.96 Å². The van der Waals surface area contributed by atoms with Crippen LogP contribution in [0.5, 0.6) is 0 Å². The van der Waals surface area contributed by atoms with E-state index in [2.05, 4.69) is 0 Å². The molecule has 4 nitrogen and oxygen atoms in total. The summed E-state index contributed by atoms with van der Waals surface area (Å²) >= 11 is 0. The van der Waals surface area contributed by atoms with Gasteiger partial charge in [-0.15, -0.1) is 0 Å². The molecule has 1 amide bonds. The van der Waals surface area contributed by atoms with Gasteiger partial charge >= 0.3 is 0 Å². The number of amides is 1. The molecule has 0 spiro atoms. The molecule has 0 bridgehead atoms. The molecule has 0 aromatic carbocycles. The highest BCUT2D eigenvalue weighted by molar-refractivity contribution is 5.72. The largest absolute Gasteiger partial charge is 0.321 e. The van der Waals surface area contributed by atoms with Gasteiger partial charge in [0.1, 0.15) is 6.73 Å². The van der Waals surface area contributed by atoms with Crippen molar-refractivity contribution in [3.05, 3.63) is 0 Å². The predicted molar refractivity (Wildman–Crippen MR) is 38.1 cm³/mol. The highest BCUT2D eigenvalue weighted by Gasteiger charge is 2.00.